The average Bonchev–Trinajstić information content (AvgIpc) is 2.94. The van der Waals surface area contributed by atoms with Gasteiger partial charge in [0.2, 0.25) is 5.91 Å². The first kappa shape index (κ1) is 26.1. The summed E-state index contributed by atoms with van der Waals surface area (Å²) in [6.45, 7) is 0. The number of thioether (sulfide) groups is 1. The molecule has 1 aromatic heterocycles. The SMILES string of the molecule is COc1ccc(OC)c(-c2cc(-c3ccccc3)nc(SCCC(=O)Nc3ccccc3Cl)c2C#N)c1. The fraction of sp³-hybridized carbons (Fsp3) is 0.138. The number of halogens is 1. The molecule has 0 aliphatic carbocycles. The monoisotopic (exact) mass is 529 g/mol. The number of pyridine rings is 1. The molecule has 1 heterocycles. The molecule has 0 bridgehead atoms. The molecule has 8 heteroatoms. The number of nitrogens with zero attached hydrogens (tertiary/aromatic N) is 2. The zero-order chi connectivity index (χ0) is 26.2. The number of carbonyl (C=O) groups excluding carboxylic acids is 1. The Morgan fingerprint density at radius 3 is 2.46 bits per heavy atom. The molecule has 6 nitrogen and oxygen atoms in total. The molecule has 37 heavy (non-hydrogen) atoms. The molecule has 0 radical (unpaired) electrons. The predicted molar refractivity (Wildman–Crippen MR) is 148 cm³/mol. The van der Waals surface area contributed by atoms with Crippen molar-refractivity contribution >= 4 is 35.0 Å². The maximum Gasteiger partial charge on any atom is 0.225 e. The van der Waals surface area contributed by atoms with Crippen molar-refractivity contribution in [3.63, 3.8) is 0 Å². The van der Waals surface area contributed by atoms with Gasteiger partial charge in [0.1, 0.15) is 22.6 Å². The molecule has 0 fully saturated rings. The van der Waals surface area contributed by atoms with Gasteiger partial charge in [-0.1, -0.05) is 54.1 Å². The van der Waals surface area contributed by atoms with Gasteiger partial charge in [-0.3, -0.25) is 4.79 Å². The average molecular weight is 530 g/mol. The van der Waals surface area contributed by atoms with Gasteiger partial charge in [0, 0.05) is 28.9 Å². The smallest absolute Gasteiger partial charge is 0.225 e. The molecular weight excluding hydrogens is 506 g/mol. The molecule has 0 spiro atoms. The van der Waals surface area contributed by atoms with E-state index in [1.807, 2.05) is 54.6 Å². The second kappa shape index (κ2) is 12.3. The van der Waals surface area contributed by atoms with Crippen LogP contribution in [-0.4, -0.2) is 30.9 Å². The van der Waals surface area contributed by atoms with Gasteiger partial charge in [-0.25, -0.2) is 4.98 Å². The van der Waals surface area contributed by atoms with Gasteiger partial charge in [0.15, 0.2) is 0 Å². The summed E-state index contributed by atoms with van der Waals surface area (Å²) >= 11 is 7.51. The number of ether oxygens (including phenoxy) is 2. The number of methoxy groups -OCH3 is 2. The normalized spacial score (nSPS) is 10.4. The van der Waals surface area contributed by atoms with Gasteiger partial charge in [-0.05, 0) is 36.4 Å². The molecule has 4 aromatic rings. The van der Waals surface area contributed by atoms with Crippen LogP contribution < -0.4 is 14.8 Å². The Morgan fingerprint density at radius 1 is 1.00 bits per heavy atom. The molecule has 186 valence electrons. The fourth-order valence-electron chi connectivity index (χ4n) is 3.74. The maximum atomic E-state index is 12.5. The number of amides is 1. The number of nitriles is 1. The minimum Gasteiger partial charge on any atom is -0.497 e. The quantitative estimate of drug-likeness (QED) is 0.233. The minimum absolute atomic E-state index is 0.173. The Hall–Kier alpha value is -3.99. The number of benzene rings is 3. The van der Waals surface area contributed by atoms with Gasteiger partial charge in [0.05, 0.1) is 36.2 Å². The summed E-state index contributed by atoms with van der Waals surface area (Å²) in [5, 5.41) is 14.0. The number of nitrogens with one attached hydrogen (secondary N) is 1. The summed E-state index contributed by atoms with van der Waals surface area (Å²) in [7, 11) is 3.18. The third kappa shape index (κ3) is 6.23. The molecule has 0 atom stereocenters. The summed E-state index contributed by atoms with van der Waals surface area (Å²) in [5.41, 5.74) is 3.98. The van der Waals surface area contributed by atoms with Gasteiger partial charge in [-0.15, -0.1) is 11.8 Å². The van der Waals surface area contributed by atoms with Crippen molar-refractivity contribution in [2.24, 2.45) is 0 Å². The van der Waals surface area contributed by atoms with E-state index in [1.165, 1.54) is 11.8 Å². The highest BCUT2D eigenvalue weighted by Gasteiger charge is 2.19. The second-order valence-corrected chi connectivity index (χ2v) is 9.40. The molecule has 0 aliphatic heterocycles. The van der Waals surface area contributed by atoms with E-state index >= 15 is 0 Å². The standard InChI is InChI=1S/C29H24ClN3O3S/c1-35-20-12-13-27(36-2)22(16-20)21-17-26(19-8-4-3-5-9-19)33-29(23(21)18-31)37-15-14-28(34)32-25-11-7-6-10-24(25)30/h3-13,16-17H,14-15H2,1-2H3,(H,32,34). The molecule has 0 unspecified atom stereocenters. The van der Waals surface area contributed by atoms with Crippen molar-refractivity contribution in [3.8, 4) is 40.0 Å². The topological polar surface area (TPSA) is 84.2 Å². The molecule has 1 amide bonds. The predicted octanol–water partition coefficient (Wildman–Crippen LogP) is 7.08. The first-order valence-corrected chi connectivity index (χ1v) is 12.8. The highest BCUT2D eigenvalue weighted by atomic mass is 35.5. The van der Waals surface area contributed by atoms with Crippen LogP contribution in [0, 0.1) is 11.3 Å². The Balaban J connectivity index is 1.69. The van der Waals surface area contributed by atoms with E-state index in [2.05, 4.69) is 11.4 Å². The molecule has 0 aliphatic rings. The number of hydrogen-bond donors (Lipinski definition) is 1. The van der Waals surface area contributed by atoms with Gasteiger partial charge in [-0.2, -0.15) is 5.26 Å². The van der Waals surface area contributed by atoms with Gasteiger partial charge >= 0.3 is 0 Å². The van der Waals surface area contributed by atoms with E-state index in [-0.39, 0.29) is 12.3 Å². The number of aromatic nitrogens is 1. The van der Waals surface area contributed by atoms with Crippen LogP contribution in [0.4, 0.5) is 5.69 Å². The number of anilines is 1. The van der Waals surface area contributed by atoms with Crippen molar-refractivity contribution in [2.75, 3.05) is 25.3 Å². The summed E-state index contributed by atoms with van der Waals surface area (Å²) in [5.74, 6) is 1.50. The highest BCUT2D eigenvalue weighted by Crippen LogP contribution is 2.40. The van der Waals surface area contributed by atoms with E-state index in [1.54, 1.807) is 38.5 Å². The summed E-state index contributed by atoms with van der Waals surface area (Å²) in [6, 6.07) is 26.5. The van der Waals surface area contributed by atoms with Crippen molar-refractivity contribution in [1.82, 2.24) is 4.98 Å². The first-order valence-electron chi connectivity index (χ1n) is 11.4. The number of para-hydroxylation sites is 1. The summed E-state index contributed by atoms with van der Waals surface area (Å²) < 4.78 is 11.0. The van der Waals surface area contributed by atoms with Crippen molar-refractivity contribution in [1.29, 1.82) is 5.26 Å². The third-order valence-corrected chi connectivity index (χ3v) is 6.89. The van der Waals surface area contributed by atoms with Crippen molar-refractivity contribution in [2.45, 2.75) is 11.4 Å². The first-order chi connectivity index (χ1) is 18.0. The molecule has 4 rings (SSSR count). The lowest BCUT2D eigenvalue weighted by Crippen LogP contribution is -2.12. The Kier molecular flexibility index (Phi) is 8.68. The van der Waals surface area contributed by atoms with Crippen molar-refractivity contribution in [3.05, 3.63) is 89.4 Å². The molecule has 3 aromatic carbocycles. The number of hydrogen-bond acceptors (Lipinski definition) is 6. The Labute approximate surface area is 225 Å². The number of rotatable bonds is 9. The Bertz CT molecular complexity index is 1450. The van der Waals surface area contributed by atoms with Crippen molar-refractivity contribution < 1.29 is 14.3 Å². The van der Waals surface area contributed by atoms with E-state index in [4.69, 9.17) is 26.1 Å². The van der Waals surface area contributed by atoms with Crippen LogP contribution >= 0.6 is 23.4 Å². The van der Waals surface area contributed by atoms with Gasteiger partial charge < -0.3 is 14.8 Å². The summed E-state index contributed by atoms with van der Waals surface area (Å²) in [4.78, 5) is 17.3. The van der Waals surface area contributed by atoms with Crippen LogP contribution in [-0.2, 0) is 4.79 Å². The van der Waals surface area contributed by atoms with E-state index in [9.17, 15) is 10.1 Å². The lowest BCUT2D eigenvalue weighted by Gasteiger charge is -2.15. The molecular formula is C29H24ClN3O3S. The van der Waals surface area contributed by atoms with Crippen LogP contribution in [0.15, 0.2) is 83.9 Å². The molecule has 0 saturated heterocycles. The van der Waals surface area contributed by atoms with Crippen LogP contribution in [0.3, 0.4) is 0 Å². The minimum atomic E-state index is -0.173. The maximum absolute atomic E-state index is 12.5. The molecule has 1 N–H and O–H groups in total. The number of carbonyl (C=O) groups is 1. The highest BCUT2D eigenvalue weighted by molar-refractivity contribution is 7.99. The van der Waals surface area contributed by atoms with Crippen LogP contribution in [0.5, 0.6) is 11.5 Å². The third-order valence-electron chi connectivity index (χ3n) is 5.58. The van der Waals surface area contributed by atoms with Crippen LogP contribution in [0.1, 0.15) is 12.0 Å². The zero-order valence-corrected chi connectivity index (χ0v) is 21.9. The zero-order valence-electron chi connectivity index (χ0n) is 20.3. The largest absolute Gasteiger partial charge is 0.497 e. The van der Waals surface area contributed by atoms with Crippen LogP contribution in [0.2, 0.25) is 5.02 Å². The van der Waals surface area contributed by atoms with Crippen LogP contribution in [0.25, 0.3) is 22.4 Å². The van der Waals surface area contributed by atoms with E-state index < -0.39 is 0 Å². The lowest BCUT2D eigenvalue weighted by atomic mass is 9.98. The van der Waals surface area contributed by atoms with Gasteiger partial charge in [0.25, 0.3) is 0 Å². The Morgan fingerprint density at radius 2 is 1.76 bits per heavy atom. The summed E-state index contributed by atoms with van der Waals surface area (Å²) in [6.07, 6.45) is 0.218. The van der Waals surface area contributed by atoms with E-state index in [0.717, 1.165) is 11.1 Å². The van der Waals surface area contributed by atoms with E-state index in [0.29, 0.717) is 49.8 Å². The fourth-order valence-corrected chi connectivity index (χ4v) is 4.87. The molecule has 0 saturated carbocycles. The second-order valence-electron chi connectivity index (χ2n) is 7.91. The lowest BCUT2D eigenvalue weighted by molar-refractivity contribution is -0.115.